The largest absolute Gasteiger partial charge is 0.364 e. The van der Waals surface area contributed by atoms with Crippen molar-refractivity contribution in [2.75, 3.05) is 6.54 Å². The van der Waals surface area contributed by atoms with Crippen LogP contribution in [0, 0.1) is 0 Å². The van der Waals surface area contributed by atoms with Gasteiger partial charge in [-0.15, -0.1) is 0 Å². The van der Waals surface area contributed by atoms with Gasteiger partial charge in [-0.3, -0.25) is 0 Å². The quantitative estimate of drug-likeness (QED) is 0.823. The highest BCUT2D eigenvalue weighted by molar-refractivity contribution is 4.94. The minimum absolute atomic E-state index is 0.516. The van der Waals surface area contributed by atoms with Gasteiger partial charge in [-0.2, -0.15) is 0 Å². The van der Waals surface area contributed by atoms with E-state index in [0.717, 1.165) is 12.2 Å². The van der Waals surface area contributed by atoms with Crippen LogP contribution in [-0.4, -0.2) is 23.8 Å². The van der Waals surface area contributed by atoms with Gasteiger partial charge in [0.1, 0.15) is 6.26 Å². The van der Waals surface area contributed by atoms with Gasteiger partial charge in [0.15, 0.2) is 0 Å². The van der Waals surface area contributed by atoms with Crippen LogP contribution in [0.15, 0.2) is 16.9 Å². The Morgan fingerprint density at radius 2 is 2.47 bits per heavy atom. The van der Waals surface area contributed by atoms with Gasteiger partial charge in [-0.05, 0) is 32.7 Å². The maximum absolute atomic E-state index is 4.81. The molecule has 0 aliphatic carbocycles. The fourth-order valence-corrected chi connectivity index (χ4v) is 2.42. The van der Waals surface area contributed by atoms with Crippen LogP contribution in [0.4, 0.5) is 0 Å². The van der Waals surface area contributed by atoms with Crippen molar-refractivity contribution in [1.82, 2.24) is 15.8 Å². The highest BCUT2D eigenvalue weighted by Gasteiger charge is 2.14. The summed E-state index contributed by atoms with van der Waals surface area (Å²) in [5.74, 6) is 0. The third kappa shape index (κ3) is 4.48. The first-order valence-corrected chi connectivity index (χ1v) is 6.70. The molecule has 1 saturated heterocycles. The number of nitrogens with zero attached hydrogens (tertiary/aromatic N) is 1. The number of aromatic nitrogens is 1. The van der Waals surface area contributed by atoms with E-state index < -0.39 is 0 Å². The zero-order valence-electron chi connectivity index (χ0n) is 10.6. The Morgan fingerprint density at radius 1 is 1.53 bits per heavy atom. The number of hydrogen-bond donors (Lipinski definition) is 2. The molecule has 0 amide bonds. The molecule has 2 N–H and O–H groups in total. The van der Waals surface area contributed by atoms with Gasteiger partial charge in [-0.1, -0.05) is 18.0 Å². The molecule has 2 atom stereocenters. The van der Waals surface area contributed by atoms with E-state index in [0.29, 0.717) is 12.1 Å². The van der Waals surface area contributed by atoms with Crippen LogP contribution in [0.2, 0.25) is 0 Å². The van der Waals surface area contributed by atoms with Crippen LogP contribution < -0.4 is 10.6 Å². The smallest absolute Gasteiger partial charge is 0.124 e. The van der Waals surface area contributed by atoms with E-state index in [-0.39, 0.29) is 0 Å². The zero-order valence-corrected chi connectivity index (χ0v) is 10.6. The van der Waals surface area contributed by atoms with Crippen molar-refractivity contribution in [3.05, 3.63) is 18.0 Å². The van der Waals surface area contributed by atoms with E-state index in [1.807, 2.05) is 6.07 Å². The minimum Gasteiger partial charge on any atom is -0.364 e. The fourth-order valence-electron chi connectivity index (χ4n) is 2.42. The first-order chi connectivity index (χ1) is 8.34. The van der Waals surface area contributed by atoms with Crippen LogP contribution in [0.5, 0.6) is 0 Å². The normalized spacial score (nSPS) is 23.2. The standard InChI is InChI=1S/C13H23N3O/c1-11(15-10-13-6-8-17-16-13)9-12-5-3-2-4-7-14-12/h6,8,11-12,14-15H,2-5,7,9-10H2,1H3. The van der Waals surface area contributed by atoms with Crippen LogP contribution in [0.25, 0.3) is 0 Å². The maximum atomic E-state index is 4.81. The molecule has 1 aliphatic heterocycles. The summed E-state index contributed by atoms with van der Waals surface area (Å²) in [6.45, 7) is 4.22. The maximum Gasteiger partial charge on any atom is 0.124 e. The molecule has 2 unspecified atom stereocenters. The second-order valence-corrected chi connectivity index (χ2v) is 5.01. The average Bonchev–Trinajstić information content (AvgIpc) is 2.72. The van der Waals surface area contributed by atoms with Crippen molar-refractivity contribution >= 4 is 0 Å². The number of hydrogen-bond acceptors (Lipinski definition) is 4. The lowest BCUT2D eigenvalue weighted by atomic mass is 10.0. The molecular weight excluding hydrogens is 214 g/mol. The molecule has 1 fully saturated rings. The third-order valence-electron chi connectivity index (χ3n) is 3.42. The molecule has 2 rings (SSSR count). The van der Waals surface area contributed by atoms with Crippen molar-refractivity contribution in [1.29, 1.82) is 0 Å². The second kappa shape index (κ2) is 6.77. The summed E-state index contributed by atoms with van der Waals surface area (Å²) in [6, 6.07) is 3.10. The highest BCUT2D eigenvalue weighted by Crippen LogP contribution is 2.12. The van der Waals surface area contributed by atoms with E-state index in [4.69, 9.17) is 4.52 Å². The number of rotatable bonds is 5. The molecule has 2 heterocycles. The Balaban J connectivity index is 1.67. The Labute approximate surface area is 103 Å². The van der Waals surface area contributed by atoms with Crippen molar-refractivity contribution < 1.29 is 4.52 Å². The molecule has 1 aromatic rings. The SMILES string of the molecule is CC(CC1CCCCCN1)NCc1ccon1. The molecule has 17 heavy (non-hydrogen) atoms. The predicted molar refractivity (Wildman–Crippen MR) is 67.7 cm³/mol. The Bertz CT molecular complexity index is 292. The highest BCUT2D eigenvalue weighted by atomic mass is 16.5. The third-order valence-corrected chi connectivity index (χ3v) is 3.42. The Morgan fingerprint density at radius 3 is 3.29 bits per heavy atom. The Kier molecular flexibility index (Phi) is 5.01. The molecule has 0 radical (unpaired) electrons. The van der Waals surface area contributed by atoms with Gasteiger partial charge in [0, 0.05) is 24.7 Å². The summed E-state index contributed by atoms with van der Waals surface area (Å²) in [5, 5.41) is 11.0. The summed E-state index contributed by atoms with van der Waals surface area (Å²) < 4.78 is 4.81. The predicted octanol–water partition coefficient (Wildman–Crippen LogP) is 2.08. The summed E-state index contributed by atoms with van der Waals surface area (Å²) in [5.41, 5.74) is 0.977. The van der Waals surface area contributed by atoms with Crippen LogP contribution in [-0.2, 0) is 6.54 Å². The van der Waals surface area contributed by atoms with E-state index in [1.165, 1.54) is 38.6 Å². The van der Waals surface area contributed by atoms with Crippen molar-refractivity contribution in [2.45, 2.75) is 57.7 Å². The van der Waals surface area contributed by atoms with Gasteiger partial charge in [0.25, 0.3) is 0 Å². The van der Waals surface area contributed by atoms with Gasteiger partial charge in [-0.25, -0.2) is 0 Å². The first kappa shape index (κ1) is 12.6. The fraction of sp³-hybridized carbons (Fsp3) is 0.769. The van der Waals surface area contributed by atoms with Gasteiger partial charge < -0.3 is 15.2 Å². The van der Waals surface area contributed by atoms with E-state index in [1.54, 1.807) is 6.26 Å². The Hall–Kier alpha value is -0.870. The summed E-state index contributed by atoms with van der Waals surface area (Å²) >= 11 is 0. The van der Waals surface area contributed by atoms with Crippen molar-refractivity contribution in [2.24, 2.45) is 0 Å². The van der Waals surface area contributed by atoms with E-state index in [2.05, 4.69) is 22.7 Å². The van der Waals surface area contributed by atoms with E-state index in [9.17, 15) is 0 Å². The minimum atomic E-state index is 0.516. The topological polar surface area (TPSA) is 50.1 Å². The van der Waals surface area contributed by atoms with Crippen LogP contribution in [0.1, 0.15) is 44.7 Å². The zero-order chi connectivity index (χ0) is 11.9. The van der Waals surface area contributed by atoms with Crippen LogP contribution >= 0.6 is 0 Å². The average molecular weight is 237 g/mol. The molecule has 0 spiro atoms. The van der Waals surface area contributed by atoms with Crippen molar-refractivity contribution in [3.63, 3.8) is 0 Å². The van der Waals surface area contributed by atoms with Gasteiger partial charge in [0.2, 0.25) is 0 Å². The molecule has 4 nitrogen and oxygen atoms in total. The molecule has 4 heteroatoms. The first-order valence-electron chi connectivity index (χ1n) is 6.70. The lowest BCUT2D eigenvalue weighted by Crippen LogP contribution is -2.36. The molecule has 1 aromatic heterocycles. The molecule has 0 saturated carbocycles. The van der Waals surface area contributed by atoms with Crippen LogP contribution in [0.3, 0.4) is 0 Å². The second-order valence-electron chi connectivity index (χ2n) is 5.01. The molecule has 0 bridgehead atoms. The molecular formula is C13H23N3O. The van der Waals surface area contributed by atoms with Gasteiger partial charge >= 0.3 is 0 Å². The number of nitrogens with one attached hydrogen (secondary N) is 2. The lowest BCUT2D eigenvalue weighted by molar-refractivity contribution is 0.386. The van der Waals surface area contributed by atoms with Crippen molar-refractivity contribution in [3.8, 4) is 0 Å². The molecule has 1 aliphatic rings. The molecule has 96 valence electrons. The monoisotopic (exact) mass is 237 g/mol. The van der Waals surface area contributed by atoms with Gasteiger partial charge in [0.05, 0.1) is 5.69 Å². The summed E-state index contributed by atoms with van der Waals surface area (Å²) in [6.07, 6.45) is 8.21. The summed E-state index contributed by atoms with van der Waals surface area (Å²) in [7, 11) is 0. The lowest BCUT2D eigenvalue weighted by Gasteiger charge is -2.21. The van der Waals surface area contributed by atoms with E-state index >= 15 is 0 Å². The molecule has 0 aromatic carbocycles. The summed E-state index contributed by atoms with van der Waals surface area (Å²) in [4.78, 5) is 0.